The predicted molar refractivity (Wildman–Crippen MR) is 95.4 cm³/mol. The van der Waals surface area contributed by atoms with Crippen LogP contribution in [-0.4, -0.2) is 9.78 Å². The van der Waals surface area contributed by atoms with Crippen LogP contribution in [0, 0.1) is 0 Å². The van der Waals surface area contributed by atoms with E-state index in [0.717, 1.165) is 24.9 Å². The number of aromatic nitrogens is 2. The Morgan fingerprint density at radius 3 is 2.78 bits per heavy atom. The van der Waals surface area contributed by atoms with Gasteiger partial charge < -0.3 is 5.43 Å². The van der Waals surface area contributed by atoms with Gasteiger partial charge in [0.1, 0.15) is 4.47 Å². The fraction of sp³-hybridized carbons (Fsp3) is 0.176. The second-order valence-electron chi connectivity index (χ2n) is 5.21. The number of halogens is 1. The van der Waals surface area contributed by atoms with Crippen LogP contribution in [0.15, 0.2) is 69.7 Å². The van der Waals surface area contributed by atoms with Gasteiger partial charge in [-0.3, -0.25) is 10.2 Å². The van der Waals surface area contributed by atoms with Gasteiger partial charge in [0, 0.05) is 6.20 Å². The summed E-state index contributed by atoms with van der Waals surface area (Å²) in [7, 11) is 0. The average Bonchev–Trinajstić information content (AvgIpc) is 2.60. The zero-order valence-electron chi connectivity index (χ0n) is 12.5. The Morgan fingerprint density at radius 1 is 1.22 bits per heavy atom. The van der Waals surface area contributed by atoms with E-state index in [9.17, 15) is 4.79 Å². The monoisotopic (exact) mass is 372 g/mol. The minimum absolute atomic E-state index is 0.212. The molecule has 5 nitrogen and oxygen atoms in total. The molecule has 1 aromatic carbocycles. The molecule has 2 aromatic rings. The molecule has 1 aliphatic carbocycles. The first kappa shape index (κ1) is 15.6. The van der Waals surface area contributed by atoms with Crippen molar-refractivity contribution in [2.75, 3.05) is 5.43 Å². The zero-order valence-corrected chi connectivity index (χ0v) is 14.1. The number of nitrogens with one attached hydrogen (secondary N) is 2. The molecule has 0 amide bonds. The van der Waals surface area contributed by atoms with Crippen molar-refractivity contribution in [3.05, 3.63) is 75.3 Å². The fourth-order valence-corrected chi connectivity index (χ4v) is 2.71. The van der Waals surface area contributed by atoms with Gasteiger partial charge >= 0.3 is 0 Å². The van der Waals surface area contributed by atoms with Gasteiger partial charge in [-0.15, -0.1) is 0 Å². The first-order valence-electron chi connectivity index (χ1n) is 7.43. The second kappa shape index (κ2) is 7.28. The largest absolute Gasteiger partial charge is 0.308 e. The van der Waals surface area contributed by atoms with Gasteiger partial charge in [0.25, 0.3) is 5.56 Å². The summed E-state index contributed by atoms with van der Waals surface area (Å²) in [5.74, 6) is 0. The quantitative estimate of drug-likeness (QED) is 0.636. The van der Waals surface area contributed by atoms with Gasteiger partial charge in [0.05, 0.1) is 17.6 Å². The van der Waals surface area contributed by atoms with E-state index in [0.29, 0.717) is 10.2 Å². The molecule has 2 N–H and O–H groups in total. The van der Waals surface area contributed by atoms with Crippen LogP contribution in [0.25, 0.3) is 5.69 Å². The van der Waals surface area contributed by atoms with E-state index < -0.39 is 0 Å². The molecule has 0 unspecified atom stereocenters. The van der Waals surface area contributed by atoms with Crippen LogP contribution in [-0.2, 0) is 0 Å². The standard InChI is InChI=1S/C17H17BrN4O/c18-16-15(21-19-11-13-7-3-1-4-8-13)12-20-22(17(16)23)14-9-5-2-6-10-14/h1-3,5-6,9-12,19,21H,4,7-8H2/b13-11+. The summed E-state index contributed by atoms with van der Waals surface area (Å²) in [5.41, 5.74) is 8.48. The smallest absolute Gasteiger partial charge is 0.287 e. The van der Waals surface area contributed by atoms with Crippen molar-refractivity contribution >= 4 is 21.6 Å². The van der Waals surface area contributed by atoms with Crippen molar-refractivity contribution in [2.24, 2.45) is 0 Å². The van der Waals surface area contributed by atoms with E-state index in [1.54, 1.807) is 6.20 Å². The van der Waals surface area contributed by atoms with Crippen LogP contribution in [0.2, 0.25) is 0 Å². The van der Waals surface area contributed by atoms with E-state index in [1.165, 1.54) is 10.3 Å². The van der Waals surface area contributed by atoms with Gasteiger partial charge in [-0.25, -0.2) is 0 Å². The normalized spacial score (nSPS) is 15.6. The first-order valence-corrected chi connectivity index (χ1v) is 8.23. The molecule has 0 spiro atoms. The van der Waals surface area contributed by atoms with Gasteiger partial charge in [0.15, 0.2) is 0 Å². The number of rotatable bonds is 4. The van der Waals surface area contributed by atoms with Crippen LogP contribution < -0.4 is 16.4 Å². The average molecular weight is 373 g/mol. The molecule has 6 heteroatoms. The molecular formula is C17H17BrN4O. The zero-order chi connectivity index (χ0) is 16.1. The Hall–Kier alpha value is -2.34. The van der Waals surface area contributed by atoms with Gasteiger partial charge in [-0.2, -0.15) is 9.78 Å². The van der Waals surface area contributed by atoms with Crippen LogP contribution in [0.1, 0.15) is 19.3 Å². The molecule has 1 heterocycles. The highest BCUT2D eigenvalue weighted by Crippen LogP contribution is 2.18. The lowest BCUT2D eigenvalue weighted by atomic mass is 10.0. The number of anilines is 1. The maximum absolute atomic E-state index is 12.4. The van der Waals surface area contributed by atoms with Crippen LogP contribution >= 0.6 is 15.9 Å². The van der Waals surface area contributed by atoms with Gasteiger partial charge in [-0.05, 0) is 52.9 Å². The van der Waals surface area contributed by atoms with Gasteiger partial charge in [0.2, 0.25) is 0 Å². The summed E-state index contributed by atoms with van der Waals surface area (Å²) in [5, 5.41) is 4.21. The third-order valence-corrected chi connectivity index (χ3v) is 4.35. The van der Waals surface area contributed by atoms with Crippen LogP contribution in [0.5, 0.6) is 0 Å². The van der Waals surface area contributed by atoms with Crippen LogP contribution in [0.3, 0.4) is 0 Å². The van der Waals surface area contributed by atoms with Crippen molar-refractivity contribution in [1.82, 2.24) is 15.2 Å². The first-order chi connectivity index (χ1) is 11.3. The minimum Gasteiger partial charge on any atom is -0.308 e. The molecule has 1 aromatic heterocycles. The number of hydrazine groups is 1. The maximum Gasteiger partial charge on any atom is 0.287 e. The maximum atomic E-state index is 12.4. The topological polar surface area (TPSA) is 59.0 Å². The van der Waals surface area contributed by atoms with Crippen molar-refractivity contribution in [3.63, 3.8) is 0 Å². The number of hydrogen-bond donors (Lipinski definition) is 2. The number of para-hydroxylation sites is 1. The summed E-state index contributed by atoms with van der Waals surface area (Å²) in [6.45, 7) is 0. The molecule has 0 atom stereocenters. The number of hydrogen-bond acceptors (Lipinski definition) is 4. The molecule has 0 fully saturated rings. The third-order valence-electron chi connectivity index (χ3n) is 3.58. The molecule has 0 radical (unpaired) electrons. The summed E-state index contributed by atoms with van der Waals surface area (Å²) < 4.78 is 1.80. The molecular weight excluding hydrogens is 356 g/mol. The summed E-state index contributed by atoms with van der Waals surface area (Å²) >= 11 is 3.35. The molecule has 1 aliphatic rings. The Balaban J connectivity index is 1.75. The van der Waals surface area contributed by atoms with E-state index >= 15 is 0 Å². The van der Waals surface area contributed by atoms with Crippen molar-refractivity contribution in [3.8, 4) is 5.69 Å². The molecule has 118 valence electrons. The minimum atomic E-state index is -0.212. The van der Waals surface area contributed by atoms with Crippen LogP contribution in [0.4, 0.5) is 5.69 Å². The Kier molecular flexibility index (Phi) is 4.92. The predicted octanol–water partition coefficient (Wildman–Crippen LogP) is 3.54. The van der Waals surface area contributed by atoms with Crippen molar-refractivity contribution in [2.45, 2.75) is 19.3 Å². The summed E-state index contributed by atoms with van der Waals surface area (Å²) in [6, 6.07) is 9.32. The number of allylic oxidation sites excluding steroid dienone is 3. The van der Waals surface area contributed by atoms with E-state index in [2.05, 4.69) is 44.0 Å². The van der Waals surface area contributed by atoms with Crippen molar-refractivity contribution in [1.29, 1.82) is 0 Å². The molecule has 23 heavy (non-hydrogen) atoms. The van der Waals surface area contributed by atoms with Gasteiger partial charge in [-0.1, -0.05) is 30.4 Å². The summed E-state index contributed by atoms with van der Waals surface area (Å²) in [4.78, 5) is 12.4. The Morgan fingerprint density at radius 2 is 2.04 bits per heavy atom. The van der Waals surface area contributed by atoms with E-state index in [1.807, 2.05) is 36.5 Å². The Bertz CT molecular complexity index is 796. The third kappa shape index (κ3) is 3.71. The molecule has 0 saturated carbocycles. The highest BCUT2D eigenvalue weighted by molar-refractivity contribution is 9.10. The summed E-state index contributed by atoms with van der Waals surface area (Å²) in [6.07, 6.45) is 11.0. The lowest BCUT2D eigenvalue weighted by Gasteiger charge is -2.12. The molecule has 3 rings (SSSR count). The van der Waals surface area contributed by atoms with Crippen molar-refractivity contribution < 1.29 is 0 Å². The molecule has 0 bridgehead atoms. The lowest BCUT2D eigenvalue weighted by molar-refractivity contribution is 0.798. The Labute approximate surface area is 142 Å². The lowest BCUT2D eigenvalue weighted by Crippen LogP contribution is -2.25. The SMILES string of the molecule is O=c1c(Br)c(NN/C=C2\CC=CCC2)cnn1-c1ccccc1. The second-order valence-corrected chi connectivity index (χ2v) is 6.00. The van der Waals surface area contributed by atoms with E-state index in [4.69, 9.17) is 0 Å². The molecule has 0 saturated heterocycles. The number of benzene rings is 1. The number of nitrogens with zero attached hydrogens (tertiary/aromatic N) is 2. The molecule has 0 aliphatic heterocycles. The highest BCUT2D eigenvalue weighted by atomic mass is 79.9. The fourth-order valence-electron chi connectivity index (χ4n) is 2.34. The highest BCUT2D eigenvalue weighted by Gasteiger charge is 2.09. The van der Waals surface area contributed by atoms with E-state index in [-0.39, 0.29) is 5.56 Å².